The van der Waals surface area contributed by atoms with Crippen molar-refractivity contribution in [2.75, 3.05) is 13.1 Å². The minimum absolute atomic E-state index is 0.0272. The molecule has 0 radical (unpaired) electrons. The third kappa shape index (κ3) is 2.77. The quantitative estimate of drug-likeness (QED) is 0.603. The van der Waals surface area contributed by atoms with Crippen LogP contribution in [-0.2, 0) is 5.41 Å². The van der Waals surface area contributed by atoms with Gasteiger partial charge in [-0.25, -0.2) is 8.78 Å². The average molecular weight is 464 g/mol. The first-order valence-corrected chi connectivity index (χ1v) is 12.0. The summed E-state index contributed by atoms with van der Waals surface area (Å²) in [5, 5.41) is 15.7. The Morgan fingerprint density at radius 2 is 1.94 bits per heavy atom. The summed E-state index contributed by atoms with van der Waals surface area (Å²) >= 11 is 0. The predicted octanol–water partition coefficient (Wildman–Crippen LogP) is 4.85. The number of halogens is 2. The zero-order chi connectivity index (χ0) is 23.7. The van der Waals surface area contributed by atoms with Crippen molar-refractivity contribution in [1.82, 2.24) is 25.3 Å². The molecule has 0 unspecified atom stereocenters. The molecule has 1 saturated heterocycles. The summed E-state index contributed by atoms with van der Waals surface area (Å²) in [7, 11) is 0. The lowest BCUT2D eigenvalue weighted by Crippen LogP contribution is -2.51. The maximum atomic E-state index is 14.5. The Hall–Kier alpha value is -3.16. The number of nitrogens with zero attached hydrogens (tertiary/aromatic N) is 4. The minimum atomic E-state index is -0.633. The molecule has 1 N–H and O–H groups in total. The number of H-pyrrole nitrogens is 1. The van der Waals surface area contributed by atoms with Crippen LogP contribution in [0, 0.1) is 23.0 Å². The van der Waals surface area contributed by atoms with E-state index in [1.165, 1.54) is 18.2 Å². The van der Waals surface area contributed by atoms with Gasteiger partial charge in [0.2, 0.25) is 0 Å². The summed E-state index contributed by atoms with van der Waals surface area (Å²) < 4.78 is 29.0. The van der Waals surface area contributed by atoms with Crippen LogP contribution in [0.2, 0.25) is 0 Å². The van der Waals surface area contributed by atoms with Gasteiger partial charge in [-0.1, -0.05) is 19.9 Å². The van der Waals surface area contributed by atoms with Gasteiger partial charge in [0.05, 0.1) is 17.0 Å². The lowest BCUT2D eigenvalue weighted by atomic mass is 9.59. The van der Waals surface area contributed by atoms with E-state index in [0.29, 0.717) is 12.2 Å². The lowest BCUT2D eigenvalue weighted by molar-refractivity contribution is 0.0419. The number of hydrogen-bond acceptors (Lipinski definition) is 4. The van der Waals surface area contributed by atoms with Gasteiger partial charge in [-0.15, -0.1) is 0 Å². The number of fused-ring (bicyclic) bond motifs is 5. The Morgan fingerprint density at radius 3 is 2.68 bits per heavy atom. The van der Waals surface area contributed by atoms with Gasteiger partial charge in [0.15, 0.2) is 0 Å². The fraction of sp³-hybridized carbons (Fsp3) is 0.462. The van der Waals surface area contributed by atoms with E-state index in [-0.39, 0.29) is 39.8 Å². The molecule has 2 bridgehead atoms. The third-order valence-electron chi connectivity index (χ3n) is 8.83. The number of aromatic nitrogens is 4. The van der Waals surface area contributed by atoms with E-state index in [9.17, 15) is 13.6 Å². The van der Waals surface area contributed by atoms with Crippen LogP contribution in [0.4, 0.5) is 8.78 Å². The van der Waals surface area contributed by atoms with Gasteiger partial charge in [0.1, 0.15) is 17.3 Å². The standard InChI is InChI=1S/C26H27F2N5O/c1-25(2)17-8-10-26(25,15-5-4-12-33(14-15)24(34)20-9-11-29-30-20)23-16(17)13-21(31-32-23)22-18(27)6-3-7-19(22)28/h3,6-7,9,11,13,15,17H,4-5,8,10,12,14H2,1-2H3,(H,29,30)/t15-,17-,26-/m0/s1. The van der Waals surface area contributed by atoms with Crippen LogP contribution in [-0.4, -0.2) is 44.3 Å². The Morgan fingerprint density at radius 1 is 1.15 bits per heavy atom. The molecule has 1 saturated carbocycles. The molecule has 1 aliphatic heterocycles. The molecule has 3 atom stereocenters. The van der Waals surface area contributed by atoms with Gasteiger partial charge in [0, 0.05) is 24.7 Å². The van der Waals surface area contributed by atoms with Gasteiger partial charge in [-0.2, -0.15) is 15.3 Å². The van der Waals surface area contributed by atoms with Gasteiger partial charge < -0.3 is 4.90 Å². The molecule has 6 rings (SSSR count). The lowest BCUT2D eigenvalue weighted by Gasteiger charge is -2.48. The van der Waals surface area contributed by atoms with E-state index in [1.54, 1.807) is 12.3 Å². The van der Waals surface area contributed by atoms with E-state index in [0.717, 1.165) is 43.5 Å². The molecule has 176 valence electrons. The second-order valence-corrected chi connectivity index (χ2v) is 10.5. The number of likely N-dealkylation sites (tertiary alicyclic amines) is 1. The number of carbonyl (C=O) groups excluding carboxylic acids is 1. The second-order valence-electron chi connectivity index (χ2n) is 10.5. The summed E-state index contributed by atoms with van der Waals surface area (Å²) in [6.45, 7) is 5.94. The number of amides is 1. The molecular formula is C26H27F2N5O. The smallest absolute Gasteiger partial charge is 0.271 e. The van der Waals surface area contributed by atoms with Crippen LogP contribution >= 0.6 is 0 Å². The maximum absolute atomic E-state index is 14.5. The summed E-state index contributed by atoms with van der Waals surface area (Å²) in [5.74, 6) is -0.816. The van der Waals surface area contributed by atoms with Crippen LogP contribution < -0.4 is 0 Å². The van der Waals surface area contributed by atoms with Crippen LogP contribution in [0.1, 0.15) is 67.2 Å². The van der Waals surface area contributed by atoms with Crippen molar-refractivity contribution < 1.29 is 13.6 Å². The van der Waals surface area contributed by atoms with Crippen molar-refractivity contribution in [3.05, 3.63) is 65.1 Å². The van der Waals surface area contributed by atoms with E-state index < -0.39 is 11.6 Å². The zero-order valence-corrected chi connectivity index (χ0v) is 19.3. The average Bonchev–Trinajstić information content (AvgIpc) is 3.50. The molecule has 3 aromatic rings. The molecular weight excluding hydrogens is 436 g/mol. The van der Waals surface area contributed by atoms with E-state index >= 15 is 0 Å². The topological polar surface area (TPSA) is 74.8 Å². The monoisotopic (exact) mass is 463 g/mol. The largest absolute Gasteiger partial charge is 0.337 e. The highest BCUT2D eigenvalue weighted by atomic mass is 19.1. The molecule has 1 amide bonds. The Kier molecular flexibility index (Phi) is 4.66. The van der Waals surface area contributed by atoms with Crippen LogP contribution in [0.3, 0.4) is 0 Å². The van der Waals surface area contributed by atoms with E-state index in [1.807, 2.05) is 11.0 Å². The van der Waals surface area contributed by atoms with Crippen molar-refractivity contribution in [3.63, 3.8) is 0 Å². The van der Waals surface area contributed by atoms with Crippen molar-refractivity contribution >= 4 is 5.91 Å². The zero-order valence-electron chi connectivity index (χ0n) is 19.3. The maximum Gasteiger partial charge on any atom is 0.271 e. The minimum Gasteiger partial charge on any atom is -0.337 e. The van der Waals surface area contributed by atoms with Crippen molar-refractivity contribution in [2.45, 2.75) is 50.9 Å². The van der Waals surface area contributed by atoms with Gasteiger partial charge >= 0.3 is 0 Å². The van der Waals surface area contributed by atoms with E-state index in [4.69, 9.17) is 0 Å². The highest BCUT2D eigenvalue weighted by Gasteiger charge is 2.66. The first kappa shape index (κ1) is 21.4. The Labute approximate surface area is 196 Å². The number of piperidine rings is 1. The van der Waals surface area contributed by atoms with Gasteiger partial charge in [0.25, 0.3) is 5.91 Å². The number of rotatable bonds is 3. The molecule has 34 heavy (non-hydrogen) atoms. The third-order valence-corrected chi connectivity index (χ3v) is 8.83. The second kappa shape index (κ2) is 7.42. The van der Waals surface area contributed by atoms with Gasteiger partial charge in [-0.05, 0) is 72.8 Å². The summed E-state index contributed by atoms with van der Waals surface area (Å²) in [6, 6.07) is 7.41. The summed E-state index contributed by atoms with van der Waals surface area (Å²) in [5.41, 5.74) is 2.32. The molecule has 3 aliphatic rings. The van der Waals surface area contributed by atoms with Crippen molar-refractivity contribution in [1.29, 1.82) is 0 Å². The molecule has 2 fully saturated rings. The summed E-state index contributed by atoms with van der Waals surface area (Å²) in [4.78, 5) is 15.0. The van der Waals surface area contributed by atoms with Crippen LogP contribution in [0.25, 0.3) is 11.3 Å². The highest BCUT2D eigenvalue weighted by Crippen LogP contribution is 2.70. The number of hydrogen-bond donors (Lipinski definition) is 1. The van der Waals surface area contributed by atoms with Crippen molar-refractivity contribution in [2.24, 2.45) is 11.3 Å². The molecule has 2 aromatic heterocycles. The molecule has 1 aromatic carbocycles. The molecule has 3 heterocycles. The fourth-order valence-corrected chi connectivity index (χ4v) is 7.25. The number of nitrogens with one attached hydrogen (secondary N) is 1. The fourth-order valence-electron chi connectivity index (χ4n) is 7.25. The SMILES string of the molecule is CC1(C)[C@H]2CC[C@]1([C@H]1CCCN(C(=O)c3ccn[nH]3)C1)c1nnc(-c3c(F)cccc3F)cc12. The van der Waals surface area contributed by atoms with Crippen LogP contribution in [0.5, 0.6) is 0 Å². The Balaban J connectivity index is 1.40. The molecule has 2 aliphatic carbocycles. The van der Waals surface area contributed by atoms with Crippen LogP contribution in [0.15, 0.2) is 36.5 Å². The molecule has 8 heteroatoms. The Bertz CT molecular complexity index is 1250. The highest BCUT2D eigenvalue weighted by molar-refractivity contribution is 5.92. The van der Waals surface area contributed by atoms with Gasteiger partial charge in [-0.3, -0.25) is 9.89 Å². The number of aromatic amines is 1. The van der Waals surface area contributed by atoms with E-state index in [2.05, 4.69) is 34.2 Å². The first-order chi connectivity index (χ1) is 16.3. The molecule has 0 spiro atoms. The number of benzene rings is 1. The van der Waals surface area contributed by atoms with Crippen molar-refractivity contribution in [3.8, 4) is 11.3 Å². The normalized spacial score (nSPS) is 27.1. The summed E-state index contributed by atoms with van der Waals surface area (Å²) in [6.07, 6.45) is 5.51. The first-order valence-electron chi connectivity index (χ1n) is 12.0. The molecule has 6 nitrogen and oxygen atoms in total. The predicted molar refractivity (Wildman–Crippen MR) is 122 cm³/mol. The number of carbonyl (C=O) groups is 1.